The molecule has 164 valence electrons. The van der Waals surface area contributed by atoms with Crippen molar-refractivity contribution in [2.75, 3.05) is 44.2 Å². The molecule has 2 aromatic rings. The number of likely N-dealkylation sites (tertiary alicyclic amines) is 1. The summed E-state index contributed by atoms with van der Waals surface area (Å²) in [7, 11) is 0. The van der Waals surface area contributed by atoms with Crippen LogP contribution >= 0.6 is 11.5 Å². The third-order valence-electron chi connectivity index (χ3n) is 5.71. The Morgan fingerprint density at radius 1 is 1.20 bits per heavy atom. The molecule has 1 aromatic carbocycles. The molecule has 3 rings (SSSR count). The van der Waals surface area contributed by atoms with E-state index in [4.69, 9.17) is 4.98 Å². The van der Waals surface area contributed by atoms with Gasteiger partial charge in [0, 0.05) is 50.3 Å². The van der Waals surface area contributed by atoms with Crippen LogP contribution in [0.1, 0.15) is 56.0 Å². The summed E-state index contributed by atoms with van der Waals surface area (Å²) in [4.78, 5) is 20.9. The number of hydrogen-bond donors (Lipinski definition) is 2. The molecular formula is C23H36N5OS+. The number of hydrogen-bond acceptors (Lipinski definition) is 5. The van der Waals surface area contributed by atoms with Gasteiger partial charge < -0.3 is 15.1 Å². The molecule has 0 radical (unpaired) electrons. The molecule has 1 saturated heterocycles. The van der Waals surface area contributed by atoms with Gasteiger partial charge in [-0.3, -0.25) is 4.79 Å². The van der Waals surface area contributed by atoms with E-state index in [1.165, 1.54) is 48.6 Å². The third-order valence-corrected chi connectivity index (χ3v) is 6.53. The topological polar surface area (TPSA) is 62.6 Å². The lowest BCUT2D eigenvalue weighted by Gasteiger charge is -2.21. The zero-order valence-electron chi connectivity index (χ0n) is 18.5. The number of carbonyl (C=O) groups excluding carboxylic acids is 1. The van der Waals surface area contributed by atoms with Crippen LogP contribution < -0.4 is 15.1 Å². The van der Waals surface area contributed by atoms with Gasteiger partial charge in [-0.25, -0.2) is 4.98 Å². The van der Waals surface area contributed by atoms with E-state index in [0.29, 0.717) is 13.0 Å². The SMILES string of the molecule is CCCCN(CCC(=O)NCC[NH+]1CCCC1)c1nc(Cc2ccc(C)cc2)ns1. The van der Waals surface area contributed by atoms with Crippen molar-refractivity contribution in [3.8, 4) is 0 Å². The number of anilines is 1. The van der Waals surface area contributed by atoms with Gasteiger partial charge in [-0.15, -0.1) is 0 Å². The highest BCUT2D eigenvalue weighted by Crippen LogP contribution is 2.20. The van der Waals surface area contributed by atoms with Gasteiger partial charge in [0.25, 0.3) is 0 Å². The lowest BCUT2D eigenvalue weighted by atomic mass is 10.1. The van der Waals surface area contributed by atoms with E-state index in [-0.39, 0.29) is 5.91 Å². The minimum absolute atomic E-state index is 0.138. The number of quaternary nitrogens is 1. The summed E-state index contributed by atoms with van der Waals surface area (Å²) in [5.74, 6) is 0.998. The molecule has 1 aromatic heterocycles. The van der Waals surface area contributed by atoms with Crippen LogP contribution in [0.4, 0.5) is 5.13 Å². The Bertz CT molecular complexity index is 770. The van der Waals surface area contributed by atoms with Gasteiger partial charge in [0.15, 0.2) is 0 Å². The number of aromatic nitrogens is 2. The molecule has 6 nitrogen and oxygen atoms in total. The fourth-order valence-electron chi connectivity index (χ4n) is 3.81. The van der Waals surface area contributed by atoms with E-state index in [2.05, 4.69) is 52.7 Å². The van der Waals surface area contributed by atoms with Gasteiger partial charge in [0.05, 0.1) is 26.2 Å². The Hall–Kier alpha value is -1.99. The van der Waals surface area contributed by atoms with Crippen LogP contribution in [0.5, 0.6) is 0 Å². The first-order valence-electron chi connectivity index (χ1n) is 11.4. The van der Waals surface area contributed by atoms with Crippen molar-refractivity contribution in [1.82, 2.24) is 14.7 Å². The Balaban J connectivity index is 1.48. The lowest BCUT2D eigenvalue weighted by Crippen LogP contribution is -3.10. The number of rotatable bonds is 12. The molecule has 1 amide bonds. The minimum atomic E-state index is 0.138. The highest BCUT2D eigenvalue weighted by atomic mass is 32.1. The molecule has 2 N–H and O–H groups in total. The zero-order valence-corrected chi connectivity index (χ0v) is 19.3. The van der Waals surface area contributed by atoms with Crippen molar-refractivity contribution >= 4 is 22.6 Å². The van der Waals surface area contributed by atoms with Gasteiger partial charge in [-0.05, 0) is 18.9 Å². The summed E-state index contributed by atoms with van der Waals surface area (Å²) in [5, 5.41) is 4.03. The molecule has 0 saturated carbocycles. The average molecular weight is 431 g/mol. The van der Waals surface area contributed by atoms with Gasteiger partial charge in [0.1, 0.15) is 5.82 Å². The predicted octanol–water partition coefficient (Wildman–Crippen LogP) is 2.23. The summed E-state index contributed by atoms with van der Waals surface area (Å²) >= 11 is 1.45. The summed E-state index contributed by atoms with van der Waals surface area (Å²) < 4.78 is 4.57. The predicted molar refractivity (Wildman–Crippen MR) is 123 cm³/mol. The molecule has 1 aliphatic rings. The van der Waals surface area contributed by atoms with Crippen molar-refractivity contribution in [2.45, 2.75) is 52.4 Å². The molecule has 1 aliphatic heterocycles. The first-order chi connectivity index (χ1) is 14.6. The summed E-state index contributed by atoms with van der Waals surface area (Å²) in [5.41, 5.74) is 2.49. The van der Waals surface area contributed by atoms with E-state index in [9.17, 15) is 4.79 Å². The molecule has 0 aliphatic carbocycles. The van der Waals surface area contributed by atoms with Crippen LogP contribution in [0.3, 0.4) is 0 Å². The largest absolute Gasteiger partial charge is 0.350 e. The molecular weight excluding hydrogens is 394 g/mol. The lowest BCUT2D eigenvalue weighted by molar-refractivity contribution is -0.886. The second-order valence-corrected chi connectivity index (χ2v) is 9.03. The van der Waals surface area contributed by atoms with Crippen LogP contribution in [-0.2, 0) is 11.2 Å². The Morgan fingerprint density at radius 3 is 2.70 bits per heavy atom. The summed E-state index contributed by atoms with van der Waals surface area (Å²) in [6, 6.07) is 8.53. The second kappa shape index (κ2) is 12.0. The summed E-state index contributed by atoms with van der Waals surface area (Å²) in [6.45, 7) is 10.2. The highest BCUT2D eigenvalue weighted by molar-refractivity contribution is 7.09. The van der Waals surface area contributed by atoms with Gasteiger partial charge in [-0.1, -0.05) is 43.2 Å². The molecule has 30 heavy (non-hydrogen) atoms. The van der Waals surface area contributed by atoms with Crippen molar-refractivity contribution < 1.29 is 9.69 Å². The van der Waals surface area contributed by atoms with Crippen LogP contribution in [0.15, 0.2) is 24.3 Å². The quantitative estimate of drug-likeness (QED) is 0.542. The van der Waals surface area contributed by atoms with E-state index >= 15 is 0 Å². The molecule has 1 fully saturated rings. The fourth-order valence-corrected chi connectivity index (χ4v) is 4.55. The highest BCUT2D eigenvalue weighted by Gasteiger charge is 2.16. The standard InChI is InChI=1S/C23H35N5OS/c1-3-4-15-28(16-11-22(29)24-12-17-27-13-5-6-14-27)23-25-21(26-30-23)18-20-9-7-19(2)8-10-20/h7-10H,3-6,11-18H2,1-2H3,(H,24,29)/p+1. The van der Waals surface area contributed by atoms with Crippen LogP contribution in [0.25, 0.3) is 0 Å². The third kappa shape index (κ3) is 7.36. The number of benzene rings is 1. The minimum Gasteiger partial charge on any atom is -0.350 e. The molecule has 0 bridgehead atoms. The number of unbranched alkanes of at least 4 members (excludes halogenated alkanes) is 1. The van der Waals surface area contributed by atoms with Crippen LogP contribution in [-0.4, -0.2) is 54.5 Å². The normalized spacial score (nSPS) is 14.2. The monoisotopic (exact) mass is 430 g/mol. The van der Waals surface area contributed by atoms with E-state index in [1.54, 1.807) is 4.90 Å². The van der Waals surface area contributed by atoms with Crippen molar-refractivity contribution in [1.29, 1.82) is 0 Å². The van der Waals surface area contributed by atoms with Gasteiger partial charge >= 0.3 is 0 Å². The molecule has 0 spiro atoms. The van der Waals surface area contributed by atoms with Crippen molar-refractivity contribution in [2.24, 2.45) is 0 Å². The Kier molecular flexibility index (Phi) is 9.08. The maximum Gasteiger partial charge on any atom is 0.221 e. The first-order valence-corrected chi connectivity index (χ1v) is 12.1. The molecule has 2 heterocycles. The second-order valence-electron chi connectivity index (χ2n) is 8.30. The van der Waals surface area contributed by atoms with Crippen LogP contribution in [0.2, 0.25) is 0 Å². The van der Waals surface area contributed by atoms with E-state index in [1.807, 2.05) is 0 Å². The van der Waals surface area contributed by atoms with E-state index in [0.717, 1.165) is 49.9 Å². The fraction of sp³-hybridized carbons (Fsp3) is 0.609. The Morgan fingerprint density at radius 2 is 1.97 bits per heavy atom. The maximum absolute atomic E-state index is 12.3. The van der Waals surface area contributed by atoms with Crippen LogP contribution in [0, 0.1) is 6.92 Å². The molecule has 0 atom stereocenters. The average Bonchev–Trinajstić information content (AvgIpc) is 3.42. The number of nitrogens with zero attached hydrogens (tertiary/aromatic N) is 3. The Labute approximate surface area is 184 Å². The zero-order chi connectivity index (χ0) is 21.2. The smallest absolute Gasteiger partial charge is 0.221 e. The first kappa shape index (κ1) is 22.7. The number of amides is 1. The number of aryl methyl sites for hydroxylation is 1. The summed E-state index contributed by atoms with van der Waals surface area (Å²) in [6.07, 6.45) is 6.11. The number of nitrogens with one attached hydrogen (secondary N) is 2. The van der Waals surface area contributed by atoms with Gasteiger partial charge in [0.2, 0.25) is 11.0 Å². The van der Waals surface area contributed by atoms with Crippen molar-refractivity contribution in [3.05, 3.63) is 41.2 Å². The molecule has 0 unspecified atom stereocenters. The molecule has 7 heteroatoms. The number of carbonyl (C=O) groups is 1. The van der Waals surface area contributed by atoms with E-state index < -0.39 is 0 Å². The van der Waals surface area contributed by atoms with Gasteiger partial charge in [-0.2, -0.15) is 4.37 Å². The maximum atomic E-state index is 12.3. The van der Waals surface area contributed by atoms with Crippen molar-refractivity contribution in [3.63, 3.8) is 0 Å².